The van der Waals surface area contributed by atoms with Gasteiger partial charge in [-0.2, -0.15) is 0 Å². The lowest BCUT2D eigenvalue weighted by atomic mass is 10.1. The maximum Gasteiger partial charge on any atom is 0.251 e. The van der Waals surface area contributed by atoms with Gasteiger partial charge in [-0.15, -0.1) is 11.3 Å². The van der Waals surface area contributed by atoms with Gasteiger partial charge in [0.1, 0.15) is 0 Å². The third kappa shape index (κ3) is 3.79. The van der Waals surface area contributed by atoms with Crippen LogP contribution in [0.1, 0.15) is 27.7 Å². The molecule has 0 aliphatic carbocycles. The average Bonchev–Trinajstić information content (AvgIpc) is 2.83. The Bertz CT molecular complexity index is 565. The summed E-state index contributed by atoms with van der Waals surface area (Å²) in [6, 6.07) is 7.62. The summed E-state index contributed by atoms with van der Waals surface area (Å²) in [6.07, 6.45) is 1.85. The van der Waals surface area contributed by atoms with Crippen LogP contribution in [0.2, 0.25) is 0 Å². The Morgan fingerprint density at radius 2 is 2.26 bits per heavy atom. The van der Waals surface area contributed by atoms with Gasteiger partial charge in [-0.05, 0) is 31.5 Å². The van der Waals surface area contributed by atoms with Gasteiger partial charge in [-0.3, -0.25) is 4.79 Å². The van der Waals surface area contributed by atoms with E-state index in [-0.39, 0.29) is 5.91 Å². The number of anilines is 1. The number of thiazole rings is 1. The SMILES string of the molecule is CCNC(=O)c1cccc(CNc2ncc(C)s2)c1. The Hall–Kier alpha value is -1.88. The molecule has 5 heteroatoms. The Kier molecular flexibility index (Phi) is 4.52. The summed E-state index contributed by atoms with van der Waals surface area (Å²) in [6.45, 7) is 5.24. The quantitative estimate of drug-likeness (QED) is 0.882. The number of amides is 1. The third-order valence-corrected chi connectivity index (χ3v) is 3.46. The second kappa shape index (κ2) is 6.33. The molecule has 1 aromatic carbocycles. The number of hydrogen-bond donors (Lipinski definition) is 2. The molecule has 100 valence electrons. The molecule has 0 spiro atoms. The molecule has 1 amide bonds. The zero-order valence-electron chi connectivity index (χ0n) is 11.1. The number of carbonyl (C=O) groups is 1. The topological polar surface area (TPSA) is 54.0 Å². The van der Waals surface area contributed by atoms with Crippen molar-refractivity contribution in [3.63, 3.8) is 0 Å². The maximum atomic E-state index is 11.7. The van der Waals surface area contributed by atoms with Crippen LogP contribution in [0.15, 0.2) is 30.5 Å². The van der Waals surface area contributed by atoms with Gasteiger partial charge in [0, 0.05) is 29.7 Å². The van der Waals surface area contributed by atoms with Crippen LogP contribution in [0.25, 0.3) is 0 Å². The molecule has 2 N–H and O–H groups in total. The fourth-order valence-electron chi connectivity index (χ4n) is 1.70. The summed E-state index contributed by atoms with van der Waals surface area (Å²) in [5.74, 6) is -0.0329. The lowest BCUT2D eigenvalue weighted by Crippen LogP contribution is -2.22. The van der Waals surface area contributed by atoms with Crippen molar-refractivity contribution in [3.05, 3.63) is 46.5 Å². The van der Waals surface area contributed by atoms with Crippen molar-refractivity contribution in [2.45, 2.75) is 20.4 Å². The van der Waals surface area contributed by atoms with E-state index >= 15 is 0 Å². The molecule has 0 atom stereocenters. The van der Waals surface area contributed by atoms with E-state index in [1.54, 1.807) is 11.3 Å². The summed E-state index contributed by atoms with van der Waals surface area (Å²) in [4.78, 5) is 17.2. The molecule has 0 bridgehead atoms. The molecular formula is C14H17N3OS. The predicted molar refractivity (Wildman–Crippen MR) is 78.6 cm³/mol. The largest absolute Gasteiger partial charge is 0.357 e. The molecule has 2 rings (SSSR count). The second-order valence-corrected chi connectivity index (χ2v) is 5.42. The Labute approximate surface area is 116 Å². The van der Waals surface area contributed by atoms with Crippen LogP contribution in [0.4, 0.5) is 5.13 Å². The monoisotopic (exact) mass is 275 g/mol. The van der Waals surface area contributed by atoms with Gasteiger partial charge >= 0.3 is 0 Å². The first-order valence-electron chi connectivity index (χ1n) is 6.22. The van der Waals surface area contributed by atoms with Crippen LogP contribution < -0.4 is 10.6 Å². The lowest BCUT2D eigenvalue weighted by molar-refractivity contribution is 0.0955. The van der Waals surface area contributed by atoms with E-state index in [0.717, 1.165) is 10.7 Å². The summed E-state index contributed by atoms with van der Waals surface area (Å²) in [5, 5.41) is 6.96. The third-order valence-electron chi connectivity index (χ3n) is 2.59. The molecule has 2 aromatic rings. The van der Waals surface area contributed by atoms with Crippen molar-refractivity contribution in [2.24, 2.45) is 0 Å². The van der Waals surface area contributed by atoms with E-state index in [4.69, 9.17) is 0 Å². The molecule has 0 fully saturated rings. The Morgan fingerprint density at radius 3 is 2.95 bits per heavy atom. The van der Waals surface area contributed by atoms with Gasteiger partial charge in [0.2, 0.25) is 0 Å². The smallest absolute Gasteiger partial charge is 0.251 e. The first kappa shape index (κ1) is 13.5. The van der Waals surface area contributed by atoms with Crippen LogP contribution in [-0.2, 0) is 6.54 Å². The van der Waals surface area contributed by atoms with Crippen LogP contribution in [0.5, 0.6) is 0 Å². The van der Waals surface area contributed by atoms with E-state index in [2.05, 4.69) is 15.6 Å². The van der Waals surface area contributed by atoms with E-state index in [0.29, 0.717) is 18.7 Å². The van der Waals surface area contributed by atoms with E-state index in [1.807, 2.05) is 44.3 Å². The summed E-state index contributed by atoms with van der Waals surface area (Å²) >= 11 is 1.62. The van der Waals surface area contributed by atoms with E-state index in [9.17, 15) is 4.79 Å². The number of rotatable bonds is 5. The molecule has 0 saturated heterocycles. The average molecular weight is 275 g/mol. The summed E-state index contributed by atoms with van der Waals surface area (Å²) in [5.41, 5.74) is 1.76. The van der Waals surface area contributed by atoms with Crippen molar-refractivity contribution in [2.75, 3.05) is 11.9 Å². The number of benzene rings is 1. The molecule has 0 unspecified atom stereocenters. The number of nitrogens with zero attached hydrogens (tertiary/aromatic N) is 1. The molecule has 19 heavy (non-hydrogen) atoms. The van der Waals surface area contributed by atoms with Crippen LogP contribution >= 0.6 is 11.3 Å². The highest BCUT2D eigenvalue weighted by Gasteiger charge is 2.05. The highest BCUT2D eigenvalue weighted by molar-refractivity contribution is 7.15. The number of aryl methyl sites for hydroxylation is 1. The zero-order chi connectivity index (χ0) is 13.7. The lowest BCUT2D eigenvalue weighted by Gasteiger charge is -2.06. The first-order valence-corrected chi connectivity index (χ1v) is 7.04. The fraction of sp³-hybridized carbons (Fsp3) is 0.286. The number of aromatic nitrogens is 1. The van der Waals surface area contributed by atoms with Crippen molar-refractivity contribution >= 4 is 22.4 Å². The van der Waals surface area contributed by atoms with Gasteiger partial charge in [0.25, 0.3) is 5.91 Å². The van der Waals surface area contributed by atoms with Gasteiger partial charge in [0.15, 0.2) is 5.13 Å². The summed E-state index contributed by atoms with van der Waals surface area (Å²) < 4.78 is 0. The minimum absolute atomic E-state index is 0.0329. The van der Waals surface area contributed by atoms with Gasteiger partial charge in [0.05, 0.1) is 0 Å². The Balaban J connectivity index is 2.00. The van der Waals surface area contributed by atoms with Crippen LogP contribution in [0.3, 0.4) is 0 Å². The first-order chi connectivity index (χ1) is 9.19. The summed E-state index contributed by atoms with van der Waals surface area (Å²) in [7, 11) is 0. The standard InChI is InChI=1S/C14H17N3OS/c1-3-15-13(18)12-6-4-5-11(7-12)9-17-14-16-8-10(2)19-14/h4-8H,3,9H2,1-2H3,(H,15,18)(H,16,17). The maximum absolute atomic E-state index is 11.7. The van der Waals surface area contributed by atoms with Crippen LogP contribution in [-0.4, -0.2) is 17.4 Å². The Morgan fingerprint density at radius 1 is 1.42 bits per heavy atom. The van der Waals surface area contributed by atoms with Crippen molar-refractivity contribution in [1.82, 2.24) is 10.3 Å². The minimum atomic E-state index is -0.0329. The molecule has 0 radical (unpaired) electrons. The molecule has 0 aliphatic rings. The fourth-order valence-corrected chi connectivity index (χ4v) is 2.36. The van der Waals surface area contributed by atoms with E-state index < -0.39 is 0 Å². The molecule has 1 aromatic heterocycles. The number of carbonyl (C=O) groups excluding carboxylic acids is 1. The number of nitrogens with one attached hydrogen (secondary N) is 2. The minimum Gasteiger partial charge on any atom is -0.357 e. The zero-order valence-corrected chi connectivity index (χ0v) is 11.9. The van der Waals surface area contributed by atoms with E-state index in [1.165, 1.54) is 4.88 Å². The number of hydrogen-bond acceptors (Lipinski definition) is 4. The highest BCUT2D eigenvalue weighted by Crippen LogP contribution is 2.17. The van der Waals surface area contributed by atoms with Crippen molar-refractivity contribution in [3.8, 4) is 0 Å². The van der Waals surface area contributed by atoms with Crippen molar-refractivity contribution < 1.29 is 4.79 Å². The normalized spacial score (nSPS) is 10.2. The van der Waals surface area contributed by atoms with Gasteiger partial charge in [-0.1, -0.05) is 12.1 Å². The molecular weight excluding hydrogens is 258 g/mol. The molecule has 0 saturated carbocycles. The van der Waals surface area contributed by atoms with Crippen molar-refractivity contribution in [1.29, 1.82) is 0 Å². The van der Waals surface area contributed by atoms with Gasteiger partial charge < -0.3 is 10.6 Å². The molecule has 4 nitrogen and oxygen atoms in total. The highest BCUT2D eigenvalue weighted by atomic mass is 32.1. The van der Waals surface area contributed by atoms with Gasteiger partial charge in [-0.25, -0.2) is 4.98 Å². The molecule has 0 aliphatic heterocycles. The predicted octanol–water partition coefficient (Wildman–Crippen LogP) is 2.81. The second-order valence-electron chi connectivity index (χ2n) is 4.19. The van der Waals surface area contributed by atoms with Crippen LogP contribution in [0, 0.1) is 6.92 Å². The molecule has 1 heterocycles.